The largest absolute Gasteiger partial charge is 0.490 e. The maximum Gasteiger partial charge on any atom is 0.333 e. The molecule has 0 atom stereocenters. The van der Waals surface area contributed by atoms with Crippen LogP contribution in [0.5, 0.6) is 11.5 Å². The van der Waals surface area contributed by atoms with Crippen molar-refractivity contribution in [1.29, 1.82) is 0 Å². The minimum atomic E-state index is -0.531. The predicted octanol–water partition coefficient (Wildman–Crippen LogP) is 6.33. The number of amides is 3. The van der Waals surface area contributed by atoms with Crippen LogP contribution in [0.25, 0.3) is 6.08 Å². The van der Waals surface area contributed by atoms with Gasteiger partial charge in [0.05, 0.1) is 15.9 Å². The van der Waals surface area contributed by atoms with Crippen molar-refractivity contribution in [1.82, 2.24) is 5.32 Å². The number of anilines is 1. The molecule has 1 saturated heterocycles. The Morgan fingerprint density at radius 1 is 1.06 bits per heavy atom. The molecule has 0 radical (unpaired) electrons. The van der Waals surface area contributed by atoms with Crippen molar-refractivity contribution in [3.05, 3.63) is 91.6 Å². The highest BCUT2D eigenvalue weighted by atomic mass is 127. The molecule has 0 spiro atoms. The first-order valence-electron chi connectivity index (χ1n) is 10.6. The summed E-state index contributed by atoms with van der Waals surface area (Å²) in [7, 11) is 0. The Kier molecular flexibility index (Phi) is 7.43. The van der Waals surface area contributed by atoms with Gasteiger partial charge in [-0.3, -0.25) is 4.79 Å². The van der Waals surface area contributed by atoms with Crippen LogP contribution in [-0.2, 0) is 11.4 Å². The van der Waals surface area contributed by atoms with Crippen LogP contribution in [0.15, 0.2) is 66.4 Å². The van der Waals surface area contributed by atoms with Gasteiger partial charge in [-0.25, -0.2) is 9.69 Å². The molecule has 8 heteroatoms. The summed E-state index contributed by atoms with van der Waals surface area (Å²) in [6.45, 7) is 4.79. The van der Waals surface area contributed by atoms with Crippen molar-refractivity contribution in [3.63, 3.8) is 0 Å². The predicted molar refractivity (Wildman–Crippen MR) is 141 cm³/mol. The second-order valence-corrected chi connectivity index (χ2v) is 9.24. The van der Waals surface area contributed by atoms with E-state index >= 15 is 0 Å². The molecule has 0 unspecified atom stereocenters. The Morgan fingerprint density at radius 3 is 2.53 bits per heavy atom. The fraction of sp³-hybridized carbons (Fsp3) is 0.154. The summed E-state index contributed by atoms with van der Waals surface area (Å²) < 4.78 is 12.7. The van der Waals surface area contributed by atoms with Crippen molar-refractivity contribution in [2.75, 3.05) is 11.5 Å². The molecule has 34 heavy (non-hydrogen) atoms. The van der Waals surface area contributed by atoms with Gasteiger partial charge in [-0.15, -0.1) is 0 Å². The molecule has 3 aromatic rings. The van der Waals surface area contributed by atoms with Gasteiger partial charge in [0.25, 0.3) is 5.91 Å². The van der Waals surface area contributed by atoms with Crippen LogP contribution in [0.1, 0.15) is 23.6 Å². The zero-order valence-corrected chi connectivity index (χ0v) is 21.5. The summed E-state index contributed by atoms with van der Waals surface area (Å²) in [5.74, 6) is 0.740. The van der Waals surface area contributed by atoms with Gasteiger partial charge in [-0.1, -0.05) is 47.5 Å². The highest BCUT2D eigenvalue weighted by Crippen LogP contribution is 2.36. The molecule has 1 heterocycles. The number of ether oxygens (including phenoxy) is 2. The van der Waals surface area contributed by atoms with E-state index in [1.165, 1.54) is 5.56 Å². The van der Waals surface area contributed by atoms with Crippen molar-refractivity contribution < 1.29 is 19.1 Å². The van der Waals surface area contributed by atoms with E-state index in [1.807, 2.05) is 44.2 Å². The fourth-order valence-electron chi connectivity index (χ4n) is 3.47. The second-order valence-electron chi connectivity index (χ2n) is 7.65. The summed E-state index contributed by atoms with van der Waals surface area (Å²) in [5, 5.41) is 3.08. The summed E-state index contributed by atoms with van der Waals surface area (Å²) in [4.78, 5) is 26.5. The van der Waals surface area contributed by atoms with E-state index in [-0.39, 0.29) is 5.70 Å². The van der Waals surface area contributed by atoms with E-state index in [4.69, 9.17) is 21.1 Å². The molecule has 0 aliphatic carbocycles. The fourth-order valence-corrected chi connectivity index (χ4v) is 4.43. The van der Waals surface area contributed by atoms with Gasteiger partial charge in [0.15, 0.2) is 11.5 Å². The molecule has 1 fully saturated rings. The number of rotatable bonds is 7. The monoisotopic (exact) mass is 588 g/mol. The summed E-state index contributed by atoms with van der Waals surface area (Å²) >= 11 is 8.21. The third-order valence-electron chi connectivity index (χ3n) is 5.09. The van der Waals surface area contributed by atoms with Crippen LogP contribution in [-0.4, -0.2) is 18.5 Å². The third kappa shape index (κ3) is 5.37. The summed E-state index contributed by atoms with van der Waals surface area (Å²) in [6, 6.07) is 17.9. The van der Waals surface area contributed by atoms with E-state index in [2.05, 4.69) is 27.9 Å². The normalized spacial score (nSPS) is 14.5. The number of hydrogen-bond donors (Lipinski definition) is 1. The molecule has 4 rings (SSSR count). The van der Waals surface area contributed by atoms with Crippen LogP contribution in [0.3, 0.4) is 0 Å². The molecular weight excluding hydrogens is 567 g/mol. The van der Waals surface area contributed by atoms with Gasteiger partial charge in [-0.05, 0) is 84.0 Å². The number of benzene rings is 3. The van der Waals surface area contributed by atoms with Crippen LogP contribution < -0.4 is 19.7 Å². The zero-order valence-electron chi connectivity index (χ0n) is 18.6. The Hall–Kier alpha value is -3.04. The highest BCUT2D eigenvalue weighted by Gasteiger charge is 2.35. The molecule has 0 bridgehead atoms. The molecule has 1 N–H and O–H groups in total. The van der Waals surface area contributed by atoms with Crippen LogP contribution >= 0.6 is 34.2 Å². The lowest BCUT2D eigenvalue weighted by Crippen LogP contribution is -2.30. The van der Waals surface area contributed by atoms with E-state index in [9.17, 15) is 9.59 Å². The average molecular weight is 589 g/mol. The summed E-state index contributed by atoms with van der Waals surface area (Å²) in [6.07, 6.45) is 1.62. The molecule has 0 aromatic heterocycles. The first-order valence-corrected chi connectivity index (χ1v) is 12.1. The van der Waals surface area contributed by atoms with Gasteiger partial charge in [0, 0.05) is 5.02 Å². The molecule has 1 aliphatic rings. The molecule has 3 aromatic carbocycles. The molecule has 3 amide bonds. The third-order valence-corrected chi connectivity index (χ3v) is 6.13. The van der Waals surface area contributed by atoms with E-state index in [1.54, 1.807) is 36.4 Å². The lowest BCUT2D eigenvalue weighted by molar-refractivity contribution is -0.113. The minimum absolute atomic E-state index is 0.163. The number of urea groups is 1. The maximum atomic E-state index is 13.0. The SMILES string of the molecule is CCOc1cc(/C=C2/NC(=O)N(c3cccc(Cl)c3)C2=O)cc(I)c1OCc1ccc(C)cc1. The molecule has 6 nitrogen and oxygen atoms in total. The highest BCUT2D eigenvalue weighted by molar-refractivity contribution is 14.1. The van der Waals surface area contributed by atoms with Gasteiger partial charge < -0.3 is 14.8 Å². The minimum Gasteiger partial charge on any atom is -0.490 e. The van der Waals surface area contributed by atoms with Crippen LogP contribution in [0, 0.1) is 10.5 Å². The number of hydrogen-bond acceptors (Lipinski definition) is 4. The standard InChI is InChI=1S/C26H22ClIN2O4/c1-3-33-23-13-18(11-21(28)24(23)34-15-17-9-7-16(2)8-10-17)12-22-25(31)30(26(32)29-22)20-6-4-5-19(27)14-20/h4-14H,3,15H2,1-2H3,(H,29,32)/b22-12+. The Bertz CT molecular complexity index is 1270. The average Bonchev–Trinajstić information content (AvgIpc) is 3.07. The zero-order chi connectivity index (χ0) is 24.2. The maximum absolute atomic E-state index is 13.0. The summed E-state index contributed by atoms with van der Waals surface area (Å²) in [5.41, 5.74) is 3.51. The quantitative estimate of drug-likeness (QED) is 0.199. The number of carbonyl (C=O) groups is 2. The number of nitrogens with one attached hydrogen (secondary N) is 1. The molecular formula is C26H22ClIN2O4. The number of aryl methyl sites for hydroxylation is 1. The van der Waals surface area contributed by atoms with Crippen molar-refractivity contribution in [2.45, 2.75) is 20.5 Å². The van der Waals surface area contributed by atoms with Gasteiger partial charge in [0.2, 0.25) is 0 Å². The van der Waals surface area contributed by atoms with Crippen LogP contribution in [0.2, 0.25) is 5.02 Å². The molecule has 174 valence electrons. The van der Waals surface area contributed by atoms with Crippen molar-refractivity contribution in [2.24, 2.45) is 0 Å². The Balaban J connectivity index is 1.60. The lowest BCUT2D eigenvalue weighted by Gasteiger charge is -2.15. The first-order chi connectivity index (χ1) is 16.4. The van der Waals surface area contributed by atoms with Crippen molar-refractivity contribution in [3.8, 4) is 11.5 Å². The van der Waals surface area contributed by atoms with E-state index in [0.29, 0.717) is 41.0 Å². The Labute approximate surface area is 216 Å². The Morgan fingerprint density at radius 2 is 1.82 bits per heavy atom. The van der Waals surface area contributed by atoms with Gasteiger partial charge in [-0.2, -0.15) is 0 Å². The number of carbonyl (C=O) groups excluding carboxylic acids is 2. The first kappa shape index (κ1) is 24.1. The molecule has 1 aliphatic heterocycles. The van der Waals surface area contributed by atoms with Gasteiger partial charge >= 0.3 is 6.03 Å². The lowest BCUT2D eigenvalue weighted by atomic mass is 10.1. The topological polar surface area (TPSA) is 67.9 Å². The van der Waals surface area contributed by atoms with E-state index < -0.39 is 11.9 Å². The second kappa shape index (κ2) is 10.5. The number of nitrogens with zero attached hydrogens (tertiary/aromatic N) is 1. The van der Waals surface area contributed by atoms with Gasteiger partial charge in [0.1, 0.15) is 12.3 Å². The van der Waals surface area contributed by atoms with Crippen molar-refractivity contribution >= 4 is 57.9 Å². The van der Waals surface area contributed by atoms with E-state index in [0.717, 1.165) is 14.0 Å². The number of halogens is 2. The molecule has 0 saturated carbocycles. The smallest absolute Gasteiger partial charge is 0.333 e. The number of imide groups is 1. The van der Waals surface area contributed by atoms with Crippen LogP contribution in [0.4, 0.5) is 10.5 Å².